The van der Waals surface area contributed by atoms with Crippen LogP contribution in [-0.2, 0) is 19.2 Å². The summed E-state index contributed by atoms with van der Waals surface area (Å²) >= 11 is 0. The highest BCUT2D eigenvalue weighted by molar-refractivity contribution is 5.99. The lowest BCUT2D eigenvalue weighted by atomic mass is 9.90. The molecule has 0 aromatic rings. The smallest absolute Gasteiger partial charge is 0.460 e. The highest BCUT2D eigenvalue weighted by atomic mass is 19.4. The minimum absolute atomic E-state index is 2.46. The van der Waals surface area contributed by atoms with Crippen molar-refractivity contribution in [2.24, 2.45) is 0 Å². The van der Waals surface area contributed by atoms with Gasteiger partial charge in [0.15, 0.2) is 0 Å². The molecule has 0 aromatic heterocycles. The average Bonchev–Trinajstić information content (AvgIpc) is 2.86. The number of aliphatic carboxylic acids is 2. The molecule has 0 aliphatic heterocycles. The summed E-state index contributed by atoms with van der Waals surface area (Å²) < 4.78 is 289. The van der Waals surface area contributed by atoms with Crippen LogP contribution < -0.4 is 0 Å². The van der Waals surface area contributed by atoms with Crippen LogP contribution in [0.1, 0.15) is 25.7 Å². The first kappa shape index (κ1) is 44.5. The van der Waals surface area contributed by atoms with Crippen molar-refractivity contribution >= 4 is 23.5 Å². The molecule has 0 radical (unpaired) electrons. The van der Waals surface area contributed by atoms with Gasteiger partial charge in [0.1, 0.15) is 0 Å². The van der Waals surface area contributed by atoms with E-state index in [4.69, 9.17) is 10.2 Å². The molecule has 28 heteroatoms. The molecular formula is C20H10F22O6. The highest BCUT2D eigenvalue weighted by Gasteiger charge is 2.83. The van der Waals surface area contributed by atoms with Crippen LogP contribution in [0.2, 0.25) is 0 Å². The zero-order valence-corrected chi connectivity index (χ0v) is 21.7. The number of carbonyl (C=O) groups excluding carboxylic acids is 2. The number of hydrogen-bond donors (Lipinski definition) is 2. The SMILES string of the molecule is O=C(O)C(CCC(F)(F)C(F)(F)C(=O)C(F)(F)C(F)(F)C(F)(F)F)=C(CCC(F)(F)C(F)(F)C(=O)C(F)(F)C(F)(F)C(F)(F)F)C(=O)O. The molecule has 0 heterocycles. The molecule has 0 aliphatic carbocycles. The number of carboxylic acid groups (broad SMARTS) is 2. The Morgan fingerprint density at radius 2 is 0.583 bits per heavy atom. The van der Waals surface area contributed by atoms with E-state index in [0.29, 0.717) is 0 Å². The van der Waals surface area contributed by atoms with Gasteiger partial charge in [-0.25, -0.2) is 9.59 Å². The van der Waals surface area contributed by atoms with Crippen molar-refractivity contribution in [2.75, 3.05) is 0 Å². The number of hydrogen-bond acceptors (Lipinski definition) is 4. The van der Waals surface area contributed by atoms with Gasteiger partial charge in [0, 0.05) is 24.0 Å². The Balaban J connectivity index is 6.62. The molecule has 0 amide bonds. The summed E-state index contributed by atoms with van der Waals surface area (Å²) in [5.74, 6) is -75.3. The number of Topliss-reactive ketones (excluding diaryl/α,β-unsaturated/α-hetero) is 2. The molecule has 0 saturated carbocycles. The van der Waals surface area contributed by atoms with Crippen LogP contribution in [0.25, 0.3) is 0 Å². The highest BCUT2D eigenvalue weighted by Crippen LogP contribution is 2.53. The zero-order chi connectivity index (χ0) is 39.3. The van der Waals surface area contributed by atoms with Crippen molar-refractivity contribution in [3.05, 3.63) is 11.1 Å². The Hall–Kier alpha value is -3.52. The van der Waals surface area contributed by atoms with E-state index in [1.807, 2.05) is 0 Å². The summed E-state index contributed by atoms with van der Waals surface area (Å²) in [4.78, 5) is 44.7. The Kier molecular flexibility index (Phi) is 11.8. The largest absolute Gasteiger partial charge is 0.478 e. The first-order valence-corrected chi connectivity index (χ1v) is 11.1. The number of carbonyl (C=O) groups is 4. The van der Waals surface area contributed by atoms with Crippen molar-refractivity contribution in [3.8, 4) is 0 Å². The maximum Gasteiger partial charge on any atom is 0.460 e. The van der Waals surface area contributed by atoms with Crippen LogP contribution in [0.4, 0.5) is 96.6 Å². The second kappa shape index (κ2) is 12.7. The van der Waals surface area contributed by atoms with E-state index in [1.54, 1.807) is 0 Å². The molecule has 48 heavy (non-hydrogen) atoms. The Morgan fingerprint density at radius 3 is 0.750 bits per heavy atom. The lowest BCUT2D eigenvalue weighted by Crippen LogP contribution is -2.63. The van der Waals surface area contributed by atoms with Crippen molar-refractivity contribution in [1.29, 1.82) is 0 Å². The van der Waals surface area contributed by atoms with E-state index < -0.39 is 120 Å². The van der Waals surface area contributed by atoms with Crippen molar-refractivity contribution in [3.63, 3.8) is 0 Å². The van der Waals surface area contributed by atoms with Gasteiger partial charge in [-0.05, 0) is 12.8 Å². The molecule has 280 valence electrons. The normalized spacial score (nSPS) is 15.6. The predicted octanol–water partition coefficient (Wildman–Crippen LogP) is 7.36. The molecule has 2 N–H and O–H groups in total. The molecule has 0 fully saturated rings. The lowest BCUT2D eigenvalue weighted by Gasteiger charge is -2.32. The van der Waals surface area contributed by atoms with E-state index in [-0.39, 0.29) is 0 Å². The average molecular weight is 764 g/mol. The quantitative estimate of drug-likeness (QED) is 0.126. The molecule has 0 saturated heterocycles. The molecule has 6 nitrogen and oxygen atoms in total. The van der Waals surface area contributed by atoms with Crippen molar-refractivity contribution < 1.29 is 126 Å². The summed E-state index contributed by atoms with van der Waals surface area (Å²) in [6.07, 6.45) is -26.9. The van der Waals surface area contributed by atoms with Gasteiger partial charge >= 0.3 is 71.7 Å². The summed E-state index contributed by atoms with van der Waals surface area (Å²) in [5, 5.41) is 17.9. The molecule has 0 atom stereocenters. The number of carboxylic acids is 2. The van der Waals surface area contributed by atoms with Gasteiger partial charge in [-0.1, -0.05) is 0 Å². The van der Waals surface area contributed by atoms with Crippen LogP contribution in [0, 0.1) is 0 Å². The monoisotopic (exact) mass is 764 g/mol. The van der Waals surface area contributed by atoms with Crippen molar-refractivity contribution in [2.45, 2.75) is 85.4 Å². The Morgan fingerprint density at radius 1 is 0.375 bits per heavy atom. The number of alkyl halides is 22. The Labute approximate surface area is 247 Å². The fraction of sp³-hybridized carbons (Fsp3) is 0.700. The first-order valence-electron chi connectivity index (χ1n) is 11.1. The standard InChI is InChI=1S/C20H10F22O6/c21-11(22,13(25,26)9(47)15(29,30)17(33,34)19(37,38)39)3-1-5(7(43)44)6(8(45)46)2-4-12(23,24)14(27,28)10(48)16(31,32)18(35,36)20(40,41)42/h1-4H2,(H,43,44)(H,45,46). The number of rotatable bonds is 16. The summed E-state index contributed by atoms with van der Waals surface area (Å²) in [6.45, 7) is 0. The third kappa shape index (κ3) is 7.54. The topological polar surface area (TPSA) is 109 Å². The van der Waals surface area contributed by atoms with Crippen LogP contribution in [0.15, 0.2) is 11.1 Å². The zero-order valence-electron chi connectivity index (χ0n) is 21.7. The van der Waals surface area contributed by atoms with Gasteiger partial charge in [-0.15, -0.1) is 0 Å². The van der Waals surface area contributed by atoms with Gasteiger partial charge < -0.3 is 10.2 Å². The summed E-state index contributed by atoms with van der Waals surface area (Å²) in [5.41, 5.74) is -4.92. The number of halogens is 22. The van der Waals surface area contributed by atoms with E-state index in [0.717, 1.165) is 0 Å². The van der Waals surface area contributed by atoms with Crippen LogP contribution in [-0.4, -0.2) is 93.5 Å². The lowest BCUT2D eigenvalue weighted by molar-refractivity contribution is -0.349. The second-order valence-electron chi connectivity index (χ2n) is 9.08. The fourth-order valence-corrected chi connectivity index (χ4v) is 3.02. The first-order chi connectivity index (χ1) is 20.6. The molecule has 0 aromatic carbocycles. The third-order valence-electron chi connectivity index (χ3n) is 5.82. The fourth-order valence-electron chi connectivity index (χ4n) is 3.02. The van der Waals surface area contributed by atoms with Gasteiger partial charge in [0.05, 0.1) is 0 Å². The molecule has 0 spiro atoms. The van der Waals surface area contributed by atoms with Gasteiger partial charge in [0.25, 0.3) is 11.6 Å². The summed E-state index contributed by atoms with van der Waals surface area (Å²) in [6, 6.07) is 0. The van der Waals surface area contributed by atoms with E-state index >= 15 is 0 Å². The van der Waals surface area contributed by atoms with Gasteiger partial charge in [0.2, 0.25) is 0 Å². The molecule has 0 rings (SSSR count). The van der Waals surface area contributed by atoms with E-state index in [2.05, 4.69) is 0 Å². The maximum atomic E-state index is 14.0. The predicted molar refractivity (Wildman–Crippen MR) is 102 cm³/mol. The molecule has 0 bridgehead atoms. The van der Waals surface area contributed by atoms with Gasteiger partial charge in [-0.3, -0.25) is 9.59 Å². The maximum absolute atomic E-state index is 14.0. The summed E-state index contributed by atoms with van der Waals surface area (Å²) in [7, 11) is 0. The third-order valence-corrected chi connectivity index (χ3v) is 5.82. The van der Waals surface area contributed by atoms with Crippen LogP contribution in [0.5, 0.6) is 0 Å². The van der Waals surface area contributed by atoms with Crippen LogP contribution in [0.3, 0.4) is 0 Å². The minimum Gasteiger partial charge on any atom is -0.478 e. The Bertz CT molecular complexity index is 1210. The molecule has 0 unspecified atom stereocenters. The van der Waals surface area contributed by atoms with Crippen LogP contribution >= 0.6 is 0 Å². The van der Waals surface area contributed by atoms with Crippen molar-refractivity contribution in [1.82, 2.24) is 0 Å². The second-order valence-corrected chi connectivity index (χ2v) is 9.08. The minimum atomic E-state index is -7.76. The molecular weight excluding hydrogens is 754 g/mol. The van der Waals surface area contributed by atoms with E-state index in [9.17, 15) is 116 Å². The van der Waals surface area contributed by atoms with E-state index in [1.165, 1.54) is 0 Å². The van der Waals surface area contributed by atoms with Gasteiger partial charge in [-0.2, -0.15) is 96.6 Å². The molecule has 0 aliphatic rings. The number of ketones is 2.